The summed E-state index contributed by atoms with van der Waals surface area (Å²) in [7, 11) is 1.86. The summed E-state index contributed by atoms with van der Waals surface area (Å²) >= 11 is 0. The van der Waals surface area contributed by atoms with Crippen LogP contribution in [-0.4, -0.2) is 4.57 Å². The minimum absolute atomic E-state index is 0.0480. The van der Waals surface area contributed by atoms with Gasteiger partial charge in [-0.3, -0.25) is 0 Å². The predicted octanol–water partition coefficient (Wildman–Crippen LogP) is 3.81. The van der Waals surface area contributed by atoms with Crippen LogP contribution in [0.3, 0.4) is 0 Å². The second-order valence-corrected chi connectivity index (χ2v) is 3.56. The third-order valence-corrected chi connectivity index (χ3v) is 2.58. The molecule has 0 atom stereocenters. The van der Waals surface area contributed by atoms with Gasteiger partial charge in [-0.25, -0.2) is 0 Å². The summed E-state index contributed by atoms with van der Waals surface area (Å²) in [5.74, 6) is 0. The SMILES string of the molecule is CC(=C(F)F)c1cn(C)c2ccccc12. The van der Waals surface area contributed by atoms with Crippen molar-refractivity contribution in [2.24, 2.45) is 7.05 Å². The Hall–Kier alpha value is -1.64. The molecule has 1 heterocycles. The average molecular weight is 207 g/mol. The summed E-state index contributed by atoms with van der Waals surface area (Å²) in [6, 6.07) is 7.53. The van der Waals surface area contributed by atoms with Crippen LogP contribution in [0.15, 0.2) is 36.5 Å². The average Bonchev–Trinajstić information content (AvgIpc) is 2.56. The van der Waals surface area contributed by atoms with E-state index in [0.717, 1.165) is 10.9 Å². The fourth-order valence-corrected chi connectivity index (χ4v) is 1.74. The summed E-state index contributed by atoms with van der Waals surface area (Å²) in [6.45, 7) is 1.44. The molecular weight excluding hydrogens is 196 g/mol. The Morgan fingerprint density at radius 2 is 1.87 bits per heavy atom. The van der Waals surface area contributed by atoms with E-state index in [-0.39, 0.29) is 5.57 Å². The van der Waals surface area contributed by atoms with Gasteiger partial charge in [0.15, 0.2) is 0 Å². The van der Waals surface area contributed by atoms with Crippen LogP contribution in [0.4, 0.5) is 8.78 Å². The molecule has 3 heteroatoms. The Kier molecular flexibility index (Phi) is 2.31. The van der Waals surface area contributed by atoms with E-state index < -0.39 is 6.08 Å². The molecule has 0 radical (unpaired) electrons. The van der Waals surface area contributed by atoms with Crippen LogP contribution in [0.25, 0.3) is 16.5 Å². The minimum atomic E-state index is -1.62. The van der Waals surface area contributed by atoms with E-state index in [9.17, 15) is 8.78 Å². The van der Waals surface area contributed by atoms with E-state index >= 15 is 0 Å². The predicted molar refractivity (Wildman–Crippen MR) is 57.7 cm³/mol. The number of aromatic nitrogens is 1. The number of hydrogen-bond donors (Lipinski definition) is 0. The number of rotatable bonds is 1. The molecule has 15 heavy (non-hydrogen) atoms. The lowest BCUT2D eigenvalue weighted by atomic mass is 10.1. The summed E-state index contributed by atoms with van der Waals surface area (Å²) in [5.41, 5.74) is 1.62. The normalized spacial score (nSPS) is 10.7. The van der Waals surface area contributed by atoms with Crippen molar-refractivity contribution < 1.29 is 8.78 Å². The molecule has 0 bridgehead atoms. The first-order chi connectivity index (χ1) is 7.11. The fraction of sp³-hybridized carbons (Fsp3) is 0.167. The van der Waals surface area contributed by atoms with Crippen molar-refractivity contribution in [2.45, 2.75) is 6.92 Å². The first kappa shape index (κ1) is 9.90. The third-order valence-electron chi connectivity index (χ3n) is 2.58. The lowest BCUT2D eigenvalue weighted by Crippen LogP contribution is -1.82. The Balaban J connectivity index is 2.79. The lowest BCUT2D eigenvalue weighted by Gasteiger charge is -1.96. The number of halogens is 2. The van der Waals surface area contributed by atoms with Gasteiger partial charge in [0, 0.05) is 35.3 Å². The standard InChI is InChI=1S/C12H11F2N/c1-8(12(13)14)10-7-15(2)11-6-4-3-5-9(10)11/h3-7H,1-2H3. The first-order valence-corrected chi connectivity index (χ1v) is 4.67. The zero-order valence-corrected chi connectivity index (χ0v) is 8.59. The molecule has 0 aliphatic rings. The van der Waals surface area contributed by atoms with Crippen LogP contribution in [0.5, 0.6) is 0 Å². The van der Waals surface area contributed by atoms with Crippen molar-refractivity contribution in [1.82, 2.24) is 4.57 Å². The van der Waals surface area contributed by atoms with Crippen LogP contribution < -0.4 is 0 Å². The van der Waals surface area contributed by atoms with E-state index in [2.05, 4.69) is 0 Å². The molecule has 0 saturated heterocycles. The van der Waals surface area contributed by atoms with Crippen LogP contribution in [0.2, 0.25) is 0 Å². The number of benzene rings is 1. The van der Waals surface area contributed by atoms with Crippen molar-refractivity contribution in [3.8, 4) is 0 Å². The summed E-state index contributed by atoms with van der Waals surface area (Å²) < 4.78 is 26.9. The number of aryl methyl sites for hydroxylation is 1. The van der Waals surface area contributed by atoms with Crippen molar-refractivity contribution in [2.75, 3.05) is 0 Å². The van der Waals surface area contributed by atoms with E-state index in [1.54, 1.807) is 6.20 Å². The lowest BCUT2D eigenvalue weighted by molar-refractivity contribution is 0.425. The molecule has 0 spiro atoms. The van der Waals surface area contributed by atoms with Gasteiger partial charge in [0.1, 0.15) is 0 Å². The number of allylic oxidation sites excluding steroid dienone is 1. The Labute approximate surface area is 86.6 Å². The molecule has 0 aliphatic heterocycles. The van der Waals surface area contributed by atoms with Gasteiger partial charge in [-0.2, -0.15) is 8.78 Å². The summed E-state index contributed by atoms with van der Waals surface area (Å²) in [5, 5.41) is 0.866. The minimum Gasteiger partial charge on any atom is -0.350 e. The van der Waals surface area contributed by atoms with E-state index in [1.165, 1.54) is 6.92 Å². The largest absolute Gasteiger partial charge is 0.350 e. The quantitative estimate of drug-likeness (QED) is 0.670. The van der Waals surface area contributed by atoms with Crippen LogP contribution in [0.1, 0.15) is 12.5 Å². The van der Waals surface area contributed by atoms with Gasteiger partial charge in [-0.1, -0.05) is 18.2 Å². The van der Waals surface area contributed by atoms with Crippen LogP contribution in [-0.2, 0) is 7.05 Å². The molecule has 1 aromatic heterocycles. The number of hydrogen-bond acceptors (Lipinski definition) is 0. The molecule has 0 fully saturated rings. The van der Waals surface area contributed by atoms with Gasteiger partial charge in [0.05, 0.1) is 0 Å². The van der Waals surface area contributed by atoms with Gasteiger partial charge in [-0.15, -0.1) is 0 Å². The number of para-hydroxylation sites is 1. The Morgan fingerprint density at radius 3 is 2.53 bits per heavy atom. The topological polar surface area (TPSA) is 4.93 Å². The zero-order chi connectivity index (χ0) is 11.0. The molecule has 2 rings (SSSR count). The second-order valence-electron chi connectivity index (χ2n) is 3.56. The number of nitrogens with zero attached hydrogens (tertiary/aromatic N) is 1. The molecule has 1 aromatic carbocycles. The van der Waals surface area contributed by atoms with E-state index in [1.807, 2.05) is 35.9 Å². The fourth-order valence-electron chi connectivity index (χ4n) is 1.74. The molecule has 78 valence electrons. The van der Waals surface area contributed by atoms with E-state index in [4.69, 9.17) is 0 Å². The van der Waals surface area contributed by atoms with Crippen molar-refractivity contribution >= 4 is 16.5 Å². The van der Waals surface area contributed by atoms with Crippen molar-refractivity contribution in [3.63, 3.8) is 0 Å². The maximum Gasteiger partial charge on any atom is 0.273 e. The second kappa shape index (κ2) is 3.50. The van der Waals surface area contributed by atoms with E-state index in [0.29, 0.717) is 5.56 Å². The van der Waals surface area contributed by atoms with Crippen LogP contribution >= 0.6 is 0 Å². The molecular formula is C12H11F2N. The molecule has 1 nitrogen and oxygen atoms in total. The van der Waals surface area contributed by atoms with Gasteiger partial charge in [0.2, 0.25) is 0 Å². The molecule has 0 unspecified atom stereocenters. The maximum absolute atomic E-state index is 12.5. The highest BCUT2D eigenvalue weighted by molar-refractivity contribution is 5.92. The summed E-state index contributed by atoms with van der Waals surface area (Å²) in [4.78, 5) is 0. The maximum atomic E-state index is 12.5. The van der Waals surface area contributed by atoms with Crippen molar-refractivity contribution in [3.05, 3.63) is 42.1 Å². The molecule has 0 aliphatic carbocycles. The van der Waals surface area contributed by atoms with Crippen molar-refractivity contribution in [1.29, 1.82) is 0 Å². The molecule has 0 amide bonds. The zero-order valence-electron chi connectivity index (χ0n) is 8.59. The third kappa shape index (κ3) is 1.54. The number of fused-ring (bicyclic) bond motifs is 1. The van der Waals surface area contributed by atoms with Gasteiger partial charge >= 0.3 is 0 Å². The highest BCUT2D eigenvalue weighted by Crippen LogP contribution is 2.28. The Morgan fingerprint density at radius 1 is 1.20 bits per heavy atom. The Bertz CT molecular complexity index is 534. The van der Waals surface area contributed by atoms with Gasteiger partial charge < -0.3 is 4.57 Å². The van der Waals surface area contributed by atoms with Crippen LogP contribution in [0, 0.1) is 0 Å². The summed E-state index contributed by atoms with van der Waals surface area (Å²) in [6.07, 6.45) is 0.116. The first-order valence-electron chi connectivity index (χ1n) is 4.67. The smallest absolute Gasteiger partial charge is 0.273 e. The molecule has 2 aromatic rings. The molecule has 0 saturated carbocycles. The van der Waals surface area contributed by atoms with Gasteiger partial charge in [0.25, 0.3) is 6.08 Å². The monoisotopic (exact) mass is 207 g/mol. The highest BCUT2D eigenvalue weighted by atomic mass is 19.3. The highest BCUT2D eigenvalue weighted by Gasteiger charge is 2.10. The molecule has 0 N–H and O–H groups in total. The van der Waals surface area contributed by atoms with Gasteiger partial charge in [-0.05, 0) is 13.0 Å².